The fourth-order valence-corrected chi connectivity index (χ4v) is 2.52. The van der Waals surface area contributed by atoms with Crippen LogP contribution in [0.25, 0.3) is 0 Å². The van der Waals surface area contributed by atoms with Crippen LogP contribution >= 0.6 is 15.9 Å². The lowest BCUT2D eigenvalue weighted by Gasteiger charge is -2.27. The lowest BCUT2D eigenvalue weighted by molar-refractivity contribution is 0.170. The van der Waals surface area contributed by atoms with Crippen LogP contribution in [0.5, 0.6) is 0 Å². The van der Waals surface area contributed by atoms with Crippen molar-refractivity contribution in [3.8, 4) is 0 Å². The van der Waals surface area contributed by atoms with Crippen molar-refractivity contribution in [3.05, 3.63) is 0 Å². The molecule has 1 fully saturated rings. The molecule has 1 aliphatic carbocycles. The summed E-state index contributed by atoms with van der Waals surface area (Å²) < 4.78 is 5.07. The molecule has 0 N–H and O–H groups in total. The van der Waals surface area contributed by atoms with Gasteiger partial charge in [0.15, 0.2) is 0 Å². The highest BCUT2D eigenvalue weighted by Gasteiger charge is 2.39. The maximum Gasteiger partial charge on any atom is 0.0462 e. The molecule has 0 spiro atoms. The SMILES string of the molecule is COCCCC(C)(CBr)C1CC1. The molecule has 12 heavy (non-hydrogen) atoms. The van der Waals surface area contributed by atoms with Crippen LogP contribution in [-0.4, -0.2) is 19.0 Å². The third kappa shape index (κ3) is 2.74. The minimum absolute atomic E-state index is 0.540. The Kier molecular flexibility index (Phi) is 4.04. The average Bonchev–Trinajstić information content (AvgIpc) is 2.87. The van der Waals surface area contributed by atoms with Gasteiger partial charge in [0.2, 0.25) is 0 Å². The highest BCUT2D eigenvalue weighted by Crippen LogP contribution is 2.49. The molecule has 0 radical (unpaired) electrons. The lowest BCUT2D eigenvalue weighted by Crippen LogP contribution is -2.21. The third-order valence-corrected chi connectivity index (χ3v) is 4.25. The summed E-state index contributed by atoms with van der Waals surface area (Å²) in [7, 11) is 1.78. The van der Waals surface area contributed by atoms with Crippen molar-refractivity contribution >= 4 is 15.9 Å². The molecule has 1 aliphatic rings. The van der Waals surface area contributed by atoms with Gasteiger partial charge in [-0.25, -0.2) is 0 Å². The van der Waals surface area contributed by atoms with E-state index in [1.165, 1.54) is 25.7 Å². The molecule has 0 heterocycles. The zero-order valence-electron chi connectivity index (χ0n) is 8.11. The van der Waals surface area contributed by atoms with Crippen LogP contribution in [0.1, 0.15) is 32.6 Å². The standard InChI is InChI=1S/C10H19BrO/c1-10(8-11,9-4-5-9)6-3-7-12-2/h9H,3-8H2,1-2H3. The maximum atomic E-state index is 5.07. The molecule has 1 saturated carbocycles. The van der Waals surface area contributed by atoms with E-state index in [4.69, 9.17) is 4.74 Å². The lowest BCUT2D eigenvalue weighted by atomic mass is 9.83. The average molecular weight is 235 g/mol. The Balaban J connectivity index is 2.23. The number of rotatable bonds is 6. The molecule has 2 heteroatoms. The van der Waals surface area contributed by atoms with Crippen molar-refractivity contribution in [2.24, 2.45) is 11.3 Å². The summed E-state index contributed by atoms with van der Waals surface area (Å²) in [5, 5.41) is 1.15. The van der Waals surface area contributed by atoms with Crippen molar-refractivity contribution in [3.63, 3.8) is 0 Å². The van der Waals surface area contributed by atoms with E-state index >= 15 is 0 Å². The first-order valence-corrected chi connectivity index (χ1v) is 5.90. The van der Waals surface area contributed by atoms with Crippen LogP contribution in [0.4, 0.5) is 0 Å². The van der Waals surface area contributed by atoms with E-state index in [0.717, 1.165) is 17.9 Å². The topological polar surface area (TPSA) is 9.23 Å². The molecule has 0 aromatic carbocycles. The first-order valence-electron chi connectivity index (χ1n) is 4.78. The summed E-state index contributed by atoms with van der Waals surface area (Å²) in [5.74, 6) is 0.980. The van der Waals surface area contributed by atoms with Crippen molar-refractivity contribution < 1.29 is 4.74 Å². The first-order chi connectivity index (χ1) is 5.73. The van der Waals surface area contributed by atoms with Gasteiger partial charge in [0.1, 0.15) is 0 Å². The maximum absolute atomic E-state index is 5.07. The predicted molar refractivity (Wildman–Crippen MR) is 55.7 cm³/mol. The van der Waals surface area contributed by atoms with Gasteiger partial charge in [-0.1, -0.05) is 22.9 Å². The highest BCUT2D eigenvalue weighted by molar-refractivity contribution is 9.09. The van der Waals surface area contributed by atoms with Gasteiger partial charge in [-0.05, 0) is 37.0 Å². The van der Waals surface area contributed by atoms with Crippen molar-refractivity contribution in [2.75, 3.05) is 19.0 Å². The van der Waals surface area contributed by atoms with Gasteiger partial charge >= 0.3 is 0 Å². The third-order valence-electron chi connectivity index (χ3n) is 2.96. The summed E-state index contributed by atoms with van der Waals surface area (Å²) in [6.07, 6.45) is 5.38. The summed E-state index contributed by atoms with van der Waals surface area (Å²) in [4.78, 5) is 0. The summed E-state index contributed by atoms with van der Waals surface area (Å²) >= 11 is 3.62. The molecule has 1 atom stereocenters. The summed E-state index contributed by atoms with van der Waals surface area (Å²) in [6, 6.07) is 0. The predicted octanol–water partition coefficient (Wildman–Crippen LogP) is 3.22. The van der Waals surface area contributed by atoms with Crippen LogP contribution in [0.3, 0.4) is 0 Å². The van der Waals surface area contributed by atoms with Crippen LogP contribution in [0.2, 0.25) is 0 Å². The Morgan fingerprint density at radius 3 is 2.58 bits per heavy atom. The molecule has 1 unspecified atom stereocenters. The van der Waals surface area contributed by atoms with Crippen molar-refractivity contribution in [2.45, 2.75) is 32.6 Å². The van der Waals surface area contributed by atoms with E-state index in [2.05, 4.69) is 22.9 Å². The van der Waals surface area contributed by atoms with Gasteiger partial charge in [-0.15, -0.1) is 0 Å². The van der Waals surface area contributed by atoms with E-state index in [-0.39, 0.29) is 0 Å². The van der Waals surface area contributed by atoms with Gasteiger partial charge in [-0.2, -0.15) is 0 Å². The van der Waals surface area contributed by atoms with Crippen LogP contribution in [0, 0.1) is 11.3 Å². The van der Waals surface area contributed by atoms with Crippen LogP contribution in [0.15, 0.2) is 0 Å². The molecule has 0 saturated heterocycles. The second-order valence-corrected chi connectivity index (χ2v) is 4.72. The van der Waals surface area contributed by atoms with Gasteiger partial charge in [0, 0.05) is 19.0 Å². The molecule has 1 nitrogen and oxygen atoms in total. The van der Waals surface area contributed by atoms with E-state index in [1.54, 1.807) is 7.11 Å². The monoisotopic (exact) mass is 234 g/mol. The quantitative estimate of drug-likeness (QED) is 0.507. The summed E-state index contributed by atoms with van der Waals surface area (Å²) in [5.41, 5.74) is 0.540. The molecular formula is C10H19BrO. The Labute approximate surface area is 84.0 Å². The first kappa shape index (κ1) is 10.5. The number of halogens is 1. The minimum atomic E-state index is 0.540. The van der Waals surface area contributed by atoms with Gasteiger partial charge in [0.25, 0.3) is 0 Å². The molecule has 0 aromatic heterocycles. The van der Waals surface area contributed by atoms with Crippen molar-refractivity contribution in [1.82, 2.24) is 0 Å². The molecular weight excluding hydrogens is 216 g/mol. The Hall–Kier alpha value is 0.440. The molecule has 1 rings (SSSR count). The number of ether oxygens (including phenoxy) is 1. The minimum Gasteiger partial charge on any atom is -0.385 e. The Bertz CT molecular complexity index is 134. The van der Waals surface area contributed by atoms with E-state index in [9.17, 15) is 0 Å². The largest absolute Gasteiger partial charge is 0.385 e. The fraction of sp³-hybridized carbons (Fsp3) is 1.00. The summed E-state index contributed by atoms with van der Waals surface area (Å²) in [6.45, 7) is 3.31. The molecule has 0 aromatic rings. The number of methoxy groups -OCH3 is 1. The second kappa shape index (κ2) is 4.61. The molecule has 0 bridgehead atoms. The molecule has 0 amide bonds. The van der Waals surface area contributed by atoms with Gasteiger partial charge in [-0.3, -0.25) is 0 Å². The van der Waals surface area contributed by atoms with Gasteiger partial charge in [0.05, 0.1) is 0 Å². The van der Waals surface area contributed by atoms with Crippen LogP contribution < -0.4 is 0 Å². The van der Waals surface area contributed by atoms with E-state index in [0.29, 0.717) is 5.41 Å². The van der Waals surface area contributed by atoms with Gasteiger partial charge < -0.3 is 4.74 Å². The Morgan fingerprint density at radius 2 is 2.17 bits per heavy atom. The zero-order valence-corrected chi connectivity index (χ0v) is 9.69. The number of hydrogen-bond donors (Lipinski definition) is 0. The van der Waals surface area contributed by atoms with E-state index in [1.807, 2.05) is 0 Å². The van der Waals surface area contributed by atoms with E-state index < -0.39 is 0 Å². The molecule has 72 valence electrons. The molecule has 0 aliphatic heterocycles. The highest BCUT2D eigenvalue weighted by atomic mass is 79.9. The van der Waals surface area contributed by atoms with Crippen LogP contribution in [-0.2, 0) is 4.74 Å². The number of hydrogen-bond acceptors (Lipinski definition) is 1. The Morgan fingerprint density at radius 1 is 1.50 bits per heavy atom. The normalized spacial score (nSPS) is 22.2. The van der Waals surface area contributed by atoms with Crippen molar-refractivity contribution in [1.29, 1.82) is 0 Å². The second-order valence-electron chi connectivity index (χ2n) is 4.16. The smallest absolute Gasteiger partial charge is 0.0462 e. The zero-order chi connectivity index (χ0) is 9.03. The number of alkyl halides is 1. The fourth-order valence-electron chi connectivity index (χ4n) is 1.78.